The summed E-state index contributed by atoms with van der Waals surface area (Å²) in [5, 5.41) is 0. The molecule has 2 aromatic carbocycles. The number of aryl methyl sites for hydroxylation is 1. The molecule has 168 valence electrons. The molecule has 32 heavy (non-hydrogen) atoms. The normalized spacial score (nSPS) is 14.9. The lowest BCUT2D eigenvalue weighted by Crippen LogP contribution is -2.41. The van der Waals surface area contributed by atoms with E-state index in [0.717, 1.165) is 5.56 Å². The van der Waals surface area contributed by atoms with Gasteiger partial charge in [-0.25, -0.2) is 8.42 Å². The summed E-state index contributed by atoms with van der Waals surface area (Å²) < 4.78 is 38.6. The average Bonchev–Trinajstić information content (AvgIpc) is 3.33. The Labute approximate surface area is 188 Å². The number of ether oxygens (including phenoxy) is 1. The van der Waals surface area contributed by atoms with E-state index in [0.29, 0.717) is 49.7 Å². The summed E-state index contributed by atoms with van der Waals surface area (Å²) in [6.45, 7) is 3.74. The minimum absolute atomic E-state index is 0.155. The van der Waals surface area contributed by atoms with Gasteiger partial charge in [0.1, 0.15) is 5.76 Å². The van der Waals surface area contributed by atoms with Crippen LogP contribution in [0, 0.1) is 6.92 Å². The Hall–Kier alpha value is -2.94. The van der Waals surface area contributed by atoms with Gasteiger partial charge in [-0.1, -0.05) is 36.4 Å². The fourth-order valence-electron chi connectivity index (χ4n) is 3.71. The van der Waals surface area contributed by atoms with Crippen molar-refractivity contribution in [2.45, 2.75) is 24.9 Å². The molecule has 0 bridgehead atoms. The summed E-state index contributed by atoms with van der Waals surface area (Å²) in [5.74, 6) is 0.395. The number of nitrogens with zero attached hydrogens (tertiary/aromatic N) is 2. The Kier molecular flexibility index (Phi) is 6.74. The van der Waals surface area contributed by atoms with E-state index in [2.05, 4.69) is 0 Å². The number of carbonyl (C=O) groups excluding carboxylic acids is 1. The monoisotopic (exact) mass is 454 g/mol. The molecule has 0 saturated carbocycles. The van der Waals surface area contributed by atoms with Crippen LogP contribution in [0.2, 0.25) is 0 Å². The fourth-order valence-corrected chi connectivity index (χ4v) is 5.37. The van der Waals surface area contributed by atoms with Crippen molar-refractivity contribution in [3.63, 3.8) is 0 Å². The molecule has 0 aliphatic carbocycles. The number of sulfonamides is 1. The van der Waals surface area contributed by atoms with Crippen molar-refractivity contribution in [1.29, 1.82) is 0 Å². The van der Waals surface area contributed by atoms with Crippen LogP contribution in [0.5, 0.6) is 0 Å². The highest BCUT2D eigenvalue weighted by Gasteiger charge is 2.29. The molecule has 0 atom stereocenters. The van der Waals surface area contributed by atoms with Gasteiger partial charge < -0.3 is 14.1 Å². The molecule has 1 saturated heterocycles. The zero-order valence-corrected chi connectivity index (χ0v) is 18.8. The van der Waals surface area contributed by atoms with Crippen molar-refractivity contribution in [3.05, 3.63) is 89.4 Å². The van der Waals surface area contributed by atoms with E-state index in [-0.39, 0.29) is 17.3 Å². The van der Waals surface area contributed by atoms with Gasteiger partial charge in [0.2, 0.25) is 10.0 Å². The van der Waals surface area contributed by atoms with Crippen LogP contribution in [0.15, 0.2) is 76.2 Å². The molecular formula is C24H26N2O5S. The minimum Gasteiger partial charge on any atom is -0.467 e. The molecule has 4 rings (SSSR count). The van der Waals surface area contributed by atoms with Crippen molar-refractivity contribution < 1.29 is 22.4 Å². The summed E-state index contributed by atoms with van der Waals surface area (Å²) >= 11 is 0. The van der Waals surface area contributed by atoms with E-state index in [9.17, 15) is 13.2 Å². The van der Waals surface area contributed by atoms with Crippen LogP contribution in [-0.2, 0) is 27.8 Å². The smallest absolute Gasteiger partial charge is 0.254 e. The second-order valence-electron chi connectivity index (χ2n) is 7.72. The number of morpholine rings is 1. The second kappa shape index (κ2) is 9.68. The number of amides is 1. The predicted octanol–water partition coefficient (Wildman–Crippen LogP) is 3.45. The van der Waals surface area contributed by atoms with Gasteiger partial charge in [-0.15, -0.1) is 0 Å². The number of carbonyl (C=O) groups is 1. The van der Waals surface area contributed by atoms with Crippen molar-refractivity contribution in [3.8, 4) is 0 Å². The van der Waals surface area contributed by atoms with Gasteiger partial charge in [-0.3, -0.25) is 4.79 Å². The molecule has 3 aromatic rings. The van der Waals surface area contributed by atoms with Gasteiger partial charge in [0, 0.05) is 25.2 Å². The number of hydrogen-bond acceptors (Lipinski definition) is 5. The Bertz CT molecular complexity index is 1150. The third-order valence-corrected chi connectivity index (χ3v) is 7.49. The van der Waals surface area contributed by atoms with Gasteiger partial charge >= 0.3 is 0 Å². The molecule has 1 fully saturated rings. The molecule has 1 amide bonds. The van der Waals surface area contributed by atoms with E-state index in [1.165, 1.54) is 10.4 Å². The van der Waals surface area contributed by atoms with Crippen LogP contribution in [0.1, 0.15) is 27.2 Å². The lowest BCUT2D eigenvalue weighted by molar-refractivity contribution is 0.0716. The molecule has 2 heterocycles. The van der Waals surface area contributed by atoms with Crippen molar-refractivity contribution in [2.75, 3.05) is 26.3 Å². The fraction of sp³-hybridized carbons (Fsp3) is 0.292. The van der Waals surface area contributed by atoms with Crippen LogP contribution in [0.3, 0.4) is 0 Å². The standard InChI is InChI=1S/C24H26N2O5S/c1-19-9-10-21(16-23(19)32(28,29)26-11-14-30-15-12-26)24(27)25(18-22-8-5-13-31-22)17-20-6-3-2-4-7-20/h2-10,13,16H,11-12,14-15,17-18H2,1H3. The first-order valence-electron chi connectivity index (χ1n) is 10.5. The van der Waals surface area contributed by atoms with Gasteiger partial charge in [0.15, 0.2) is 0 Å². The SMILES string of the molecule is Cc1ccc(C(=O)N(Cc2ccccc2)Cc2ccco2)cc1S(=O)(=O)N1CCOCC1. The highest BCUT2D eigenvalue weighted by molar-refractivity contribution is 7.89. The lowest BCUT2D eigenvalue weighted by atomic mass is 10.1. The first kappa shape index (κ1) is 22.3. The zero-order valence-electron chi connectivity index (χ0n) is 17.9. The van der Waals surface area contributed by atoms with Gasteiger partial charge in [0.05, 0.1) is 30.9 Å². The van der Waals surface area contributed by atoms with E-state index in [1.807, 2.05) is 36.4 Å². The summed E-state index contributed by atoms with van der Waals surface area (Å²) in [7, 11) is -3.72. The maximum atomic E-state index is 13.5. The van der Waals surface area contributed by atoms with E-state index in [1.54, 1.807) is 36.3 Å². The zero-order chi connectivity index (χ0) is 22.6. The Morgan fingerprint density at radius 3 is 2.44 bits per heavy atom. The molecule has 0 N–H and O–H groups in total. The maximum absolute atomic E-state index is 13.5. The first-order valence-corrected chi connectivity index (χ1v) is 11.9. The summed E-state index contributed by atoms with van der Waals surface area (Å²) in [4.78, 5) is 15.3. The average molecular weight is 455 g/mol. The van der Waals surface area contributed by atoms with E-state index in [4.69, 9.17) is 9.15 Å². The Balaban J connectivity index is 1.65. The maximum Gasteiger partial charge on any atom is 0.254 e. The van der Waals surface area contributed by atoms with Crippen LogP contribution < -0.4 is 0 Å². The summed E-state index contributed by atoms with van der Waals surface area (Å²) in [6.07, 6.45) is 1.57. The molecular weight excluding hydrogens is 428 g/mol. The third-order valence-electron chi connectivity index (χ3n) is 5.45. The second-order valence-corrected chi connectivity index (χ2v) is 9.63. The largest absolute Gasteiger partial charge is 0.467 e. The predicted molar refractivity (Wildman–Crippen MR) is 119 cm³/mol. The van der Waals surface area contributed by atoms with Gasteiger partial charge in [0.25, 0.3) is 5.91 Å². The Morgan fingerprint density at radius 1 is 1.00 bits per heavy atom. The third kappa shape index (κ3) is 4.93. The molecule has 7 nitrogen and oxygen atoms in total. The summed E-state index contributed by atoms with van der Waals surface area (Å²) in [6, 6.07) is 18.1. The Morgan fingerprint density at radius 2 is 1.75 bits per heavy atom. The molecule has 1 aliphatic heterocycles. The van der Waals surface area contributed by atoms with Gasteiger partial charge in [-0.05, 0) is 42.3 Å². The van der Waals surface area contributed by atoms with E-state index < -0.39 is 10.0 Å². The highest BCUT2D eigenvalue weighted by atomic mass is 32.2. The summed E-state index contributed by atoms with van der Waals surface area (Å²) in [5.41, 5.74) is 1.90. The lowest BCUT2D eigenvalue weighted by Gasteiger charge is -2.27. The van der Waals surface area contributed by atoms with Crippen LogP contribution in [0.4, 0.5) is 0 Å². The molecule has 1 aliphatic rings. The van der Waals surface area contributed by atoms with Crippen LogP contribution in [0.25, 0.3) is 0 Å². The van der Waals surface area contributed by atoms with Crippen LogP contribution in [-0.4, -0.2) is 49.8 Å². The highest BCUT2D eigenvalue weighted by Crippen LogP contribution is 2.24. The minimum atomic E-state index is -3.72. The molecule has 0 radical (unpaired) electrons. The molecule has 0 unspecified atom stereocenters. The van der Waals surface area contributed by atoms with Gasteiger partial charge in [-0.2, -0.15) is 4.31 Å². The van der Waals surface area contributed by atoms with Crippen molar-refractivity contribution in [1.82, 2.24) is 9.21 Å². The first-order chi connectivity index (χ1) is 15.4. The number of hydrogen-bond donors (Lipinski definition) is 0. The number of benzene rings is 2. The molecule has 8 heteroatoms. The quantitative estimate of drug-likeness (QED) is 0.546. The topological polar surface area (TPSA) is 80.1 Å². The van der Waals surface area contributed by atoms with Crippen LogP contribution >= 0.6 is 0 Å². The van der Waals surface area contributed by atoms with Crippen molar-refractivity contribution >= 4 is 15.9 Å². The number of furan rings is 1. The van der Waals surface area contributed by atoms with E-state index >= 15 is 0 Å². The number of rotatable bonds is 7. The molecule has 1 aromatic heterocycles. The molecule has 0 spiro atoms. The van der Waals surface area contributed by atoms with Crippen molar-refractivity contribution in [2.24, 2.45) is 0 Å².